The summed E-state index contributed by atoms with van der Waals surface area (Å²) in [5.74, 6) is 1.07. The first-order valence-electron chi connectivity index (χ1n) is 9.41. The minimum atomic E-state index is 0.196. The number of rotatable bonds is 1. The van der Waals surface area contributed by atoms with Gasteiger partial charge in [-0.1, -0.05) is 67.1 Å². The van der Waals surface area contributed by atoms with Gasteiger partial charge in [0.15, 0.2) is 6.23 Å². The van der Waals surface area contributed by atoms with Crippen LogP contribution in [-0.2, 0) is 0 Å². The standard InChI is InChI=1S/C23H23NO/c1-3-10-18(11-4-1)23-22-19-12-7-6-9-17(19)14-15-20(22)25-21-13-5-2-8-16-24(21)23/h1,3-4,6-7,9-12,14-15,21,23H,2,5,8,13,16H2/t21-,23+/m0/s1. The summed E-state index contributed by atoms with van der Waals surface area (Å²) in [4.78, 5) is 2.59. The van der Waals surface area contributed by atoms with Crippen LogP contribution in [0.25, 0.3) is 10.8 Å². The molecule has 2 aliphatic rings. The largest absolute Gasteiger partial charge is 0.475 e. The Hall–Kier alpha value is -2.32. The Morgan fingerprint density at radius 1 is 0.800 bits per heavy atom. The molecule has 3 aromatic carbocycles. The molecule has 2 heteroatoms. The smallest absolute Gasteiger partial charge is 0.153 e. The summed E-state index contributed by atoms with van der Waals surface area (Å²) in [5, 5.41) is 2.61. The molecule has 0 radical (unpaired) electrons. The Balaban J connectivity index is 1.76. The second kappa shape index (κ2) is 6.20. The molecule has 2 heterocycles. The molecule has 0 aromatic heterocycles. The average molecular weight is 329 g/mol. The first-order chi connectivity index (χ1) is 12.4. The van der Waals surface area contributed by atoms with Gasteiger partial charge in [0.1, 0.15) is 5.75 Å². The molecule has 3 aromatic rings. The zero-order valence-electron chi connectivity index (χ0n) is 14.4. The van der Waals surface area contributed by atoms with Crippen molar-refractivity contribution in [3.05, 3.63) is 77.9 Å². The van der Waals surface area contributed by atoms with Crippen molar-refractivity contribution in [2.45, 2.75) is 38.0 Å². The summed E-state index contributed by atoms with van der Waals surface area (Å²) in [5.41, 5.74) is 2.71. The van der Waals surface area contributed by atoms with Crippen LogP contribution in [0, 0.1) is 0 Å². The molecule has 1 fully saturated rings. The van der Waals surface area contributed by atoms with Gasteiger partial charge in [0, 0.05) is 12.1 Å². The van der Waals surface area contributed by atoms with Gasteiger partial charge in [0.2, 0.25) is 0 Å². The van der Waals surface area contributed by atoms with Gasteiger partial charge in [-0.3, -0.25) is 4.90 Å². The third kappa shape index (κ3) is 2.52. The maximum absolute atomic E-state index is 6.50. The number of benzene rings is 3. The third-order valence-electron chi connectivity index (χ3n) is 5.65. The molecular formula is C23H23NO. The Kier molecular flexibility index (Phi) is 3.71. The maximum Gasteiger partial charge on any atom is 0.153 e. The van der Waals surface area contributed by atoms with E-state index >= 15 is 0 Å². The molecule has 0 bridgehead atoms. The summed E-state index contributed by atoms with van der Waals surface area (Å²) in [6, 6.07) is 24.3. The minimum absolute atomic E-state index is 0.196. The molecule has 0 saturated carbocycles. The van der Waals surface area contributed by atoms with E-state index in [0.29, 0.717) is 0 Å². The highest BCUT2D eigenvalue weighted by molar-refractivity contribution is 5.89. The molecule has 0 amide bonds. The number of nitrogens with zero attached hydrogens (tertiary/aromatic N) is 1. The van der Waals surface area contributed by atoms with Crippen LogP contribution in [0.3, 0.4) is 0 Å². The quantitative estimate of drug-likeness (QED) is 0.582. The highest BCUT2D eigenvalue weighted by atomic mass is 16.5. The summed E-state index contributed by atoms with van der Waals surface area (Å²) >= 11 is 0. The van der Waals surface area contributed by atoms with Gasteiger partial charge in [0.05, 0.1) is 6.04 Å². The fourth-order valence-electron chi connectivity index (χ4n) is 4.49. The number of ether oxygens (including phenoxy) is 1. The molecule has 5 rings (SSSR count). The van der Waals surface area contributed by atoms with Crippen LogP contribution < -0.4 is 4.74 Å². The molecule has 0 spiro atoms. The van der Waals surface area contributed by atoms with Crippen LogP contribution in [0.4, 0.5) is 0 Å². The molecule has 126 valence electrons. The van der Waals surface area contributed by atoms with E-state index in [4.69, 9.17) is 4.74 Å². The van der Waals surface area contributed by atoms with Gasteiger partial charge >= 0.3 is 0 Å². The van der Waals surface area contributed by atoms with E-state index in [2.05, 4.69) is 71.6 Å². The molecule has 0 aliphatic carbocycles. The van der Waals surface area contributed by atoms with Crippen molar-refractivity contribution in [1.82, 2.24) is 4.90 Å². The molecular weight excluding hydrogens is 306 g/mol. The SMILES string of the molecule is c1ccc([C@@H]2c3c(ccc4ccccc34)O[C@H]3CCCCCN23)cc1. The lowest BCUT2D eigenvalue weighted by Crippen LogP contribution is -2.45. The monoisotopic (exact) mass is 329 g/mol. The average Bonchev–Trinajstić information content (AvgIpc) is 2.92. The number of hydrogen-bond donors (Lipinski definition) is 0. The number of fused-ring (bicyclic) bond motifs is 4. The molecule has 1 saturated heterocycles. The van der Waals surface area contributed by atoms with Gasteiger partial charge in [-0.25, -0.2) is 0 Å². The fourth-order valence-corrected chi connectivity index (χ4v) is 4.49. The van der Waals surface area contributed by atoms with E-state index in [-0.39, 0.29) is 12.3 Å². The van der Waals surface area contributed by atoms with E-state index in [0.717, 1.165) is 18.7 Å². The topological polar surface area (TPSA) is 12.5 Å². The Bertz CT molecular complexity index is 889. The predicted molar refractivity (Wildman–Crippen MR) is 102 cm³/mol. The van der Waals surface area contributed by atoms with Crippen LogP contribution in [0.15, 0.2) is 66.7 Å². The Morgan fingerprint density at radius 2 is 1.64 bits per heavy atom. The molecule has 0 unspecified atom stereocenters. The van der Waals surface area contributed by atoms with Crippen LogP contribution in [-0.4, -0.2) is 17.7 Å². The van der Waals surface area contributed by atoms with E-state index in [1.165, 1.54) is 41.2 Å². The zero-order chi connectivity index (χ0) is 16.6. The summed E-state index contributed by atoms with van der Waals surface area (Å²) in [6.45, 7) is 1.10. The molecule has 2 nitrogen and oxygen atoms in total. The van der Waals surface area contributed by atoms with E-state index in [1.807, 2.05) is 0 Å². The molecule has 2 aliphatic heterocycles. The number of hydrogen-bond acceptors (Lipinski definition) is 2. The van der Waals surface area contributed by atoms with Crippen molar-refractivity contribution in [2.75, 3.05) is 6.54 Å². The first-order valence-corrected chi connectivity index (χ1v) is 9.41. The van der Waals surface area contributed by atoms with Crippen molar-refractivity contribution >= 4 is 10.8 Å². The molecule has 0 N–H and O–H groups in total. The highest BCUT2D eigenvalue weighted by Gasteiger charge is 2.38. The van der Waals surface area contributed by atoms with Crippen molar-refractivity contribution in [2.24, 2.45) is 0 Å². The van der Waals surface area contributed by atoms with E-state index in [1.54, 1.807) is 0 Å². The van der Waals surface area contributed by atoms with Gasteiger partial charge in [-0.05, 0) is 41.7 Å². The van der Waals surface area contributed by atoms with Crippen LogP contribution in [0.1, 0.15) is 42.9 Å². The van der Waals surface area contributed by atoms with Gasteiger partial charge < -0.3 is 4.74 Å². The second-order valence-electron chi connectivity index (χ2n) is 7.17. The van der Waals surface area contributed by atoms with Crippen molar-refractivity contribution in [1.29, 1.82) is 0 Å². The Labute approximate surface area is 149 Å². The molecule has 2 atom stereocenters. The highest BCUT2D eigenvalue weighted by Crippen LogP contribution is 2.45. The van der Waals surface area contributed by atoms with E-state index in [9.17, 15) is 0 Å². The Morgan fingerprint density at radius 3 is 2.56 bits per heavy atom. The maximum atomic E-state index is 6.50. The third-order valence-corrected chi connectivity index (χ3v) is 5.65. The van der Waals surface area contributed by atoms with Crippen molar-refractivity contribution < 1.29 is 4.74 Å². The molecule has 25 heavy (non-hydrogen) atoms. The zero-order valence-corrected chi connectivity index (χ0v) is 14.4. The first kappa shape index (κ1) is 15.0. The van der Waals surface area contributed by atoms with Gasteiger partial charge in [-0.2, -0.15) is 0 Å². The minimum Gasteiger partial charge on any atom is -0.475 e. The normalized spacial score (nSPS) is 23.4. The van der Waals surface area contributed by atoms with Gasteiger partial charge in [-0.15, -0.1) is 0 Å². The second-order valence-corrected chi connectivity index (χ2v) is 7.17. The van der Waals surface area contributed by atoms with Crippen molar-refractivity contribution in [3.63, 3.8) is 0 Å². The van der Waals surface area contributed by atoms with Crippen LogP contribution in [0.2, 0.25) is 0 Å². The van der Waals surface area contributed by atoms with Crippen LogP contribution in [0.5, 0.6) is 5.75 Å². The predicted octanol–water partition coefficient (Wildman–Crippen LogP) is 5.52. The van der Waals surface area contributed by atoms with Crippen LogP contribution >= 0.6 is 0 Å². The van der Waals surface area contributed by atoms with Gasteiger partial charge in [0.25, 0.3) is 0 Å². The summed E-state index contributed by atoms with van der Waals surface area (Å²) in [7, 11) is 0. The fraction of sp³-hybridized carbons (Fsp3) is 0.304. The lowest BCUT2D eigenvalue weighted by molar-refractivity contribution is -0.0148. The lowest BCUT2D eigenvalue weighted by atomic mass is 9.90. The lowest BCUT2D eigenvalue weighted by Gasteiger charge is -2.43. The van der Waals surface area contributed by atoms with E-state index < -0.39 is 0 Å². The van der Waals surface area contributed by atoms with Crippen molar-refractivity contribution in [3.8, 4) is 5.75 Å². The summed E-state index contributed by atoms with van der Waals surface area (Å²) < 4.78 is 6.50. The summed E-state index contributed by atoms with van der Waals surface area (Å²) in [6.07, 6.45) is 5.13.